The lowest BCUT2D eigenvalue weighted by molar-refractivity contribution is -0.146. The summed E-state index contributed by atoms with van der Waals surface area (Å²) in [4.78, 5) is 35.4. The number of ketones is 1. The number of nitrogens with zero attached hydrogens (tertiary/aromatic N) is 1. The molecule has 0 radical (unpaired) electrons. The molecule has 0 N–H and O–H groups in total. The molecule has 0 heterocycles. The van der Waals surface area contributed by atoms with Crippen molar-refractivity contribution in [2.75, 3.05) is 32.2 Å². The van der Waals surface area contributed by atoms with E-state index in [1.807, 2.05) is 31.1 Å². The molecule has 114 valence electrons. The third-order valence-electron chi connectivity index (χ3n) is 2.59. The first-order chi connectivity index (χ1) is 9.90. The molecule has 0 unspecified atom stereocenters. The van der Waals surface area contributed by atoms with Crippen LogP contribution in [0.3, 0.4) is 0 Å². The van der Waals surface area contributed by atoms with Gasteiger partial charge in [0.25, 0.3) is 0 Å². The molecule has 0 aliphatic rings. The number of carbonyl (C=O) groups excluding carboxylic acids is 3. The molecule has 0 aromatic heterocycles. The summed E-state index contributed by atoms with van der Waals surface area (Å²) in [5, 5.41) is 0. The summed E-state index contributed by atoms with van der Waals surface area (Å²) in [5.41, 5.74) is 1.40. The van der Waals surface area contributed by atoms with Gasteiger partial charge in [0.15, 0.2) is 0 Å². The highest BCUT2D eigenvalue weighted by atomic mass is 16.6. The number of rotatable bonds is 7. The fraction of sp³-hybridized carbons (Fsp3) is 0.400. The molecule has 0 amide bonds. The molecule has 6 heteroatoms. The molecule has 1 aromatic carbocycles. The van der Waals surface area contributed by atoms with E-state index < -0.39 is 11.9 Å². The van der Waals surface area contributed by atoms with Crippen molar-refractivity contribution in [3.8, 4) is 0 Å². The predicted octanol–water partition coefficient (Wildman–Crippen LogP) is 1.43. The quantitative estimate of drug-likeness (QED) is 0.430. The van der Waals surface area contributed by atoms with Crippen LogP contribution in [0.5, 0.6) is 0 Å². The van der Waals surface area contributed by atoms with Crippen molar-refractivity contribution in [1.29, 1.82) is 0 Å². The minimum atomic E-state index is -0.617. The first-order valence-electron chi connectivity index (χ1n) is 6.49. The predicted molar refractivity (Wildman–Crippen MR) is 77.3 cm³/mol. The molecule has 0 spiro atoms. The van der Waals surface area contributed by atoms with Crippen LogP contribution in [-0.2, 0) is 19.1 Å². The van der Waals surface area contributed by atoms with E-state index in [-0.39, 0.29) is 25.4 Å². The first-order valence-corrected chi connectivity index (χ1v) is 6.49. The Bertz CT molecular complexity index is 507. The van der Waals surface area contributed by atoms with Crippen LogP contribution in [-0.4, -0.2) is 45.0 Å². The number of esters is 2. The third-order valence-corrected chi connectivity index (χ3v) is 2.59. The molecule has 1 rings (SSSR count). The molecule has 0 saturated heterocycles. The summed E-state index contributed by atoms with van der Waals surface area (Å²) in [7, 11) is 3.81. The number of carbonyl (C=O) groups is 3. The summed E-state index contributed by atoms with van der Waals surface area (Å²) in [6.45, 7) is 1.20. The van der Waals surface area contributed by atoms with Crippen LogP contribution in [0.2, 0.25) is 0 Å². The zero-order valence-corrected chi connectivity index (χ0v) is 12.4. The maximum absolute atomic E-state index is 11.7. The number of anilines is 1. The molecule has 0 saturated carbocycles. The van der Waals surface area contributed by atoms with Gasteiger partial charge in [-0.2, -0.15) is 0 Å². The van der Waals surface area contributed by atoms with Gasteiger partial charge in [-0.15, -0.1) is 0 Å². The van der Waals surface area contributed by atoms with Gasteiger partial charge >= 0.3 is 11.9 Å². The van der Waals surface area contributed by atoms with Crippen LogP contribution < -0.4 is 4.90 Å². The summed E-state index contributed by atoms with van der Waals surface area (Å²) in [6.07, 6.45) is -0.264. The van der Waals surface area contributed by atoms with E-state index in [0.29, 0.717) is 5.56 Å². The van der Waals surface area contributed by atoms with Crippen LogP contribution in [0.25, 0.3) is 0 Å². The summed E-state index contributed by atoms with van der Waals surface area (Å²) >= 11 is 0. The van der Waals surface area contributed by atoms with Gasteiger partial charge in [0.1, 0.15) is 25.4 Å². The van der Waals surface area contributed by atoms with E-state index in [0.717, 1.165) is 5.69 Å². The minimum absolute atomic E-state index is 0.0437. The van der Waals surface area contributed by atoms with Crippen molar-refractivity contribution in [2.45, 2.75) is 13.3 Å². The molecular weight excluding hydrogens is 274 g/mol. The smallest absolute Gasteiger partial charge is 0.338 e. The van der Waals surface area contributed by atoms with E-state index in [2.05, 4.69) is 0 Å². The standard InChI is InChI=1S/C15H19NO5/c1-11(17)10-14(18)20-8-9-21-15(19)12-4-6-13(7-5-12)16(2)3/h4-7H,8-10H2,1-3H3. The maximum Gasteiger partial charge on any atom is 0.338 e. The Labute approximate surface area is 123 Å². The molecule has 0 atom stereocenters. The Morgan fingerprint density at radius 3 is 2.10 bits per heavy atom. The molecule has 0 bridgehead atoms. The number of ether oxygens (including phenoxy) is 2. The van der Waals surface area contributed by atoms with Gasteiger partial charge in [-0.3, -0.25) is 9.59 Å². The largest absolute Gasteiger partial charge is 0.462 e. The zero-order chi connectivity index (χ0) is 15.8. The van der Waals surface area contributed by atoms with Gasteiger partial charge in [-0.25, -0.2) is 4.79 Å². The van der Waals surface area contributed by atoms with Gasteiger partial charge in [-0.05, 0) is 31.2 Å². The lowest BCUT2D eigenvalue weighted by Crippen LogP contribution is -2.15. The zero-order valence-electron chi connectivity index (χ0n) is 12.4. The molecular formula is C15H19NO5. The van der Waals surface area contributed by atoms with Crippen molar-refractivity contribution in [1.82, 2.24) is 0 Å². The van der Waals surface area contributed by atoms with E-state index in [9.17, 15) is 14.4 Å². The number of hydrogen-bond donors (Lipinski definition) is 0. The summed E-state index contributed by atoms with van der Waals surface area (Å²) in [5.74, 6) is -1.37. The average Bonchev–Trinajstić information content (AvgIpc) is 2.42. The number of benzene rings is 1. The molecule has 0 aliphatic carbocycles. The van der Waals surface area contributed by atoms with Crippen molar-refractivity contribution in [3.05, 3.63) is 29.8 Å². The van der Waals surface area contributed by atoms with E-state index in [1.165, 1.54) is 6.92 Å². The Kier molecular flexibility index (Phi) is 6.39. The Balaban J connectivity index is 2.34. The van der Waals surface area contributed by atoms with Gasteiger partial charge in [0, 0.05) is 19.8 Å². The van der Waals surface area contributed by atoms with Crippen LogP contribution >= 0.6 is 0 Å². The second-order valence-electron chi connectivity index (χ2n) is 4.68. The minimum Gasteiger partial charge on any atom is -0.462 e. The summed E-state index contributed by atoms with van der Waals surface area (Å²) in [6, 6.07) is 6.95. The maximum atomic E-state index is 11.7. The Hall–Kier alpha value is -2.37. The second kappa shape index (κ2) is 8.04. The lowest BCUT2D eigenvalue weighted by atomic mass is 10.2. The Morgan fingerprint density at radius 1 is 1.00 bits per heavy atom. The SMILES string of the molecule is CC(=O)CC(=O)OCCOC(=O)c1ccc(N(C)C)cc1. The lowest BCUT2D eigenvalue weighted by Gasteiger charge is -2.12. The van der Waals surface area contributed by atoms with Crippen LogP contribution in [0, 0.1) is 0 Å². The highest BCUT2D eigenvalue weighted by Gasteiger charge is 2.09. The number of hydrogen-bond acceptors (Lipinski definition) is 6. The highest BCUT2D eigenvalue weighted by molar-refractivity contribution is 5.94. The second-order valence-corrected chi connectivity index (χ2v) is 4.68. The average molecular weight is 293 g/mol. The van der Waals surface area contributed by atoms with Gasteiger partial charge in [0.05, 0.1) is 5.56 Å². The monoisotopic (exact) mass is 293 g/mol. The van der Waals surface area contributed by atoms with Gasteiger partial charge in [-0.1, -0.05) is 0 Å². The van der Waals surface area contributed by atoms with Crippen molar-refractivity contribution in [2.24, 2.45) is 0 Å². The summed E-state index contributed by atoms with van der Waals surface area (Å²) < 4.78 is 9.72. The van der Waals surface area contributed by atoms with Crippen LogP contribution in [0.4, 0.5) is 5.69 Å². The van der Waals surface area contributed by atoms with Gasteiger partial charge < -0.3 is 14.4 Å². The fourth-order valence-corrected chi connectivity index (χ4v) is 1.52. The molecule has 21 heavy (non-hydrogen) atoms. The Morgan fingerprint density at radius 2 is 1.57 bits per heavy atom. The van der Waals surface area contributed by atoms with Crippen molar-refractivity contribution < 1.29 is 23.9 Å². The first kappa shape index (κ1) is 16.7. The normalized spacial score (nSPS) is 9.86. The highest BCUT2D eigenvalue weighted by Crippen LogP contribution is 2.12. The van der Waals surface area contributed by atoms with E-state index in [1.54, 1.807) is 12.1 Å². The number of Topliss-reactive ketones (excluding diaryl/α,β-unsaturated/α-hetero) is 1. The molecule has 0 aliphatic heterocycles. The molecule has 6 nitrogen and oxygen atoms in total. The fourth-order valence-electron chi connectivity index (χ4n) is 1.52. The molecule has 0 fully saturated rings. The third kappa shape index (κ3) is 6.07. The van der Waals surface area contributed by atoms with E-state index in [4.69, 9.17) is 9.47 Å². The van der Waals surface area contributed by atoms with Crippen molar-refractivity contribution in [3.63, 3.8) is 0 Å². The topological polar surface area (TPSA) is 72.9 Å². The van der Waals surface area contributed by atoms with Crippen molar-refractivity contribution >= 4 is 23.4 Å². The van der Waals surface area contributed by atoms with E-state index >= 15 is 0 Å². The molecule has 1 aromatic rings. The van der Waals surface area contributed by atoms with Gasteiger partial charge in [0.2, 0.25) is 0 Å². The van der Waals surface area contributed by atoms with Crippen LogP contribution in [0.1, 0.15) is 23.7 Å². The van der Waals surface area contributed by atoms with Crippen LogP contribution in [0.15, 0.2) is 24.3 Å².